The highest BCUT2D eigenvalue weighted by atomic mass is 32.1. The predicted molar refractivity (Wildman–Crippen MR) is 66.7 cm³/mol. The molecule has 15 heavy (non-hydrogen) atoms. The van der Waals surface area contributed by atoms with Crippen LogP contribution < -0.4 is 10.6 Å². The van der Waals surface area contributed by atoms with Crippen LogP contribution in [-0.2, 0) is 0 Å². The lowest BCUT2D eigenvalue weighted by atomic mass is 10.2. The molecule has 1 aliphatic heterocycles. The Morgan fingerprint density at radius 1 is 1.33 bits per heavy atom. The van der Waals surface area contributed by atoms with Crippen LogP contribution in [0.15, 0.2) is 29.6 Å². The summed E-state index contributed by atoms with van der Waals surface area (Å²) in [4.78, 5) is 0. The summed E-state index contributed by atoms with van der Waals surface area (Å²) in [6.07, 6.45) is 1.22. The van der Waals surface area contributed by atoms with Gasteiger partial charge in [-0.1, -0.05) is 12.1 Å². The van der Waals surface area contributed by atoms with Crippen molar-refractivity contribution in [3.05, 3.63) is 29.6 Å². The van der Waals surface area contributed by atoms with Gasteiger partial charge in [-0.15, -0.1) is 11.3 Å². The third-order valence-corrected chi connectivity index (χ3v) is 3.86. The summed E-state index contributed by atoms with van der Waals surface area (Å²) in [7, 11) is 0. The maximum absolute atomic E-state index is 3.62. The maximum Gasteiger partial charge on any atom is 0.0574 e. The summed E-state index contributed by atoms with van der Waals surface area (Å²) >= 11 is 1.81. The Labute approximate surface area is 93.3 Å². The fraction of sp³-hybridized carbons (Fsp3) is 0.333. The summed E-state index contributed by atoms with van der Waals surface area (Å²) in [5.41, 5.74) is 1.29. The number of fused-ring (bicyclic) bond motifs is 1. The van der Waals surface area contributed by atoms with Gasteiger partial charge in [-0.25, -0.2) is 0 Å². The Morgan fingerprint density at radius 2 is 2.33 bits per heavy atom. The zero-order valence-corrected chi connectivity index (χ0v) is 9.31. The van der Waals surface area contributed by atoms with E-state index < -0.39 is 0 Å². The first kappa shape index (κ1) is 9.19. The van der Waals surface area contributed by atoms with E-state index >= 15 is 0 Å². The largest absolute Gasteiger partial charge is 0.380 e. The second kappa shape index (κ2) is 3.83. The molecule has 2 heterocycles. The Bertz CT molecular complexity index is 457. The van der Waals surface area contributed by atoms with E-state index in [2.05, 4.69) is 40.3 Å². The Kier molecular flexibility index (Phi) is 2.35. The Hall–Kier alpha value is -1.06. The van der Waals surface area contributed by atoms with E-state index in [0.29, 0.717) is 6.04 Å². The van der Waals surface area contributed by atoms with Gasteiger partial charge in [-0.3, -0.25) is 0 Å². The van der Waals surface area contributed by atoms with Crippen LogP contribution in [0.1, 0.15) is 6.42 Å². The van der Waals surface area contributed by atoms with E-state index in [1.54, 1.807) is 0 Å². The standard InChI is InChI=1S/C12H14N2S/c1-2-9-5-7-15-12(9)11(3-1)14-10-4-6-13-8-10/h1-3,5,7,10,13-14H,4,6,8H2. The van der Waals surface area contributed by atoms with Crippen molar-refractivity contribution < 1.29 is 0 Å². The average Bonchev–Trinajstić information content (AvgIpc) is 2.87. The van der Waals surface area contributed by atoms with Gasteiger partial charge in [0.2, 0.25) is 0 Å². The van der Waals surface area contributed by atoms with Gasteiger partial charge < -0.3 is 10.6 Å². The van der Waals surface area contributed by atoms with Gasteiger partial charge in [0, 0.05) is 12.6 Å². The molecule has 0 radical (unpaired) electrons. The van der Waals surface area contributed by atoms with Crippen molar-refractivity contribution in [2.75, 3.05) is 18.4 Å². The number of benzene rings is 1. The molecule has 2 aromatic rings. The van der Waals surface area contributed by atoms with E-state index in [9.17, 15) is 0 Å². The highest BCUT2D eigenvalue weighted by Gasteiger charge is 2.14. The van der Waals surface area contributed by atoms with Crippen LogP contribution in [0.2, 0.25) is 0 Å². The molecule has 78 valence electrons. The third-order valence-electron chi connectivity index (χ3n) is 2.90. The number of rotatable bonds is 2. The number of anilines is 1. The lowest BCUT2D eigenvalue weighted by molar-refractivity contribution is 0.795. The van der Waals surface area contributed by atoms with Crippen LogP contribution in [0.25, 0.3) is 10.1 Å². The minimum absolute atomic E-state index is 0.595. The molecule has 1 unspecified atom stereocenters. The number of nitrogens with one attached hydrogen (secondary N) is 2. The SMILES string of the molecule is c1cc(NC2CCNC2)c2sccc2c1. The van der Waals surface area contributed by atoms with Gasteiger partial charge in [-0.2, -0.15) is 0 Å². The van der Waals surface area contributed by atoms with Crippen molar-refractivity contribution in [3.63, 3.8) is 0 Å². The molecule has 0 saturated carbocycles. The summed E-state index contributed by atoms with van der Waals surface area (Å²) in [5, 5.41) is 10.5. The van der Waals surface area contributed by atoms with Crippen molar-refractivity contribution in [2.45, 2.75) is 12.5 Å². The van der Waals surface area contributed by atoms with Gasteiger partial charge in [0.15, 0.2) is 0 Å². The molecule has 2 N–H and O–H groups in total. The number of hydrogen-bond acceptors (Lipinski definition) is 3. The van der Waals surface area contributed by atoms with Crippen molar-refractivity contribution in [3.8, 4) is 0 Å². The predicted octanol–water partition coefficient (Wildman–Crippen LogP) is 2.68. The van der Waals surface area contributed by atoms with Crippen LogP contribution in [0, 0.1) is 0 Å². The first-order chi connectivity index (χ1) is 7.43. The van der Waals surface area contributed by atoms with Crippen molar-refractivity contribution in [1.82, 2.24) is 5.32 Å². The highest BCUT2D eigenvalue weighted by Crippen LogP contribution is 2.29. The molecule has 0 bridgehead atoms. The van der Waals surface area contributed by atoms with E-state index in [4.69, 9.17) is 0 Å². The van der Waals surface area contributed by atoms with Gasteiger partial charge >= 0.3 is 0 Å². The molecular formula is C12H14N2S. The molecule has 3 rings (SSSR count). The van der Waals surface area contributed by atoms with Gasteiger partial charge in [0.1, 0.15) is 0 Å². The topological polar surface area (TPSA) is 24.1 Å². The molecule has 2 nitrogen and oxygen atoms in total. The van der Waals surface area contributed by atoms with E-state index in [1.165, 1.54) is 22.2 Å². The van der Waals surface area contributed by atoms with Crippen LogP contribution in [-0.4, -0.2) is 19.1 Å². The Morgan fingerprint density at radius 3 is 3.20 bits per heavy atom. The van der Waals surface area contributed by atoms with E-state index in [0.717, 1.165) is 13.1 Å². The molecule has 3 heteroatoms. The number of thiophene rings is 1. The fourth-order valence-electron chi connectivity index (χ4n) is 2.10. The zero-order valence-electron chi connectivity index (χ0n) is 8.49. The van der Waals surface area contributed by atoms with Crippen LogP contribution in [0.4, 0.5) is 5.69 Å². The summed E-state index contributed by atoms with van der Waals surface area (Å²) in [5.74, 6) is 0. The maximum atomic E-state index is 3.62. The quantitative estimate of drug-likeness (QED) is 0.810. The average molecular weight is 218 g/mol. The minimum Gasteiger partial charge on any atom is -0.380 e. The van der Waals surface area contributed by atoms with Crippen molar-refractivity contribution in [2.24, 2.45) is 0 Å². The zero-order chi connectivity index (χ0) is 10.1. The molecule has 1 fully saturated rings. The molecular weight excluding hydrogens is 204 g/mol. The van der Waals surface area contributed by atoms with Crippen LogP contribution in [0.3, 0.4) is 0 Å². The van der Waals surface area contributed by atoms with Gasteiger partial charge in [0.05, 0.1) is 10.4 Å². The van der Waals surface area contributed by atoms with Crippen molar-refractivity contribution in [1.29, 1.82) is 0 Å². The smallest absolute Gasteiger partial charge is 0.0574 e. The molecule has 1 aliphatic rings. The van der Waals surface area contributed by atoms with Gasteiger partial charge in [-0.05, 0) is 35.9 Å². The molecule has 0 spiro atoms. The second-order valence-corrected chi connectivity index (χ2v) is 4.89. The lowest BCUT2D eigenvalue weighted by Gasteiger charge is -2.13. The molecule has 1 aromatic carbocycles. The summed E-state index contributed by atoms with van der Waals surface area (Å²) in [6.45, 7) is 2.22. The molecule has 1 saturated heterocycles. The highest BCUT2D eigenvalue weighted by molar-refractivity contribution is 7.17. The van der Waals surface area contributed by atoms with E-state index in [-0.39, 0.29) is 0 Å². The normalized spacial score (nSPS) is 20.9. The third kappa shape index (κ3) is 1.73. The molecule has 0 aliphatic carbocycles. The molecule has 1 aromatic heterocycles. The molecule has 1 atom stereocenters. The summed E-state index contributed by atoms with van der Waals surface area (Å²) in [6, 6.07) is 9.25. The monoisotopic (exact) mass is 218 g/mol. The second-order valence-electron chi connectivity index (χ2n) is 3.98. The first-order valence-corrected chi connectivity index (χ1v) is 6.25. The van der Waals surface area contributed by atoms with Crippen LogP contribution >= 0.6 is 11.3 Å². The van der Waals surface area contributed by atoms with Crippen LogP contribution in [0.5, 0.6) is 0 Å². The lowest BCUT2D eigenvalue weighted by Crippen LogP contribution is -2.21. The first-order valence-electron chi connectivity index (χ1n) is 5.37. The Balaban J connectivity index is 1.92. The van der Waals surface area contributed by atoms with E-state index in [1.807, 2.05) is 11.3 Å². The summed E-state index contributed by atoms with van der Waals surface area (Å²) < 4.78 is 1.38. The molecule has 0 amide bonds. The minimum atomic E-state index is 0.595. The van der Waals surface area contributed by atoms with Gasteiger partial charge in [0.25, 0.3) is 0 Å². The van der Waals surface area contributed by atoms with Crippen molar-refractivity contribution >= 4 is 27.1 Å². The fourth-order valence-corrected chi connectivity index (χ4v) is 2.98. The number of hydrogen-bond donors (Lipinski definition) is 2.